The van der Waals surface area contributed by atoms with Gasteiger partial charge in [0, 0.05) is 18.2 Å². The first kappa shape index (κ1) is 8.80. The first-order chi connectivity index (χ1) is 7.34. The lowest BCUT2D eigenvalue weighted by molar-refractivity contribution is 0.699. The van der Waals surface area contributed by atoms with Crippen LogP contribution in [0.5, 0.6) is 0 Å². The normalized spacial score (nSPS) is 13.7. The first-order valence-electron chi connectivity index (χ1n) is 4.91. The van der Waals surface area contributed by atoms with Gasteiger partial charge in [-0.25, -0.2) is 4.68 Å². The Morgan fingerprint density at radius 1 is 1.33 bits per heavy atom. The number of nitrogens with one attached hydrogen (secondary N) is 1. The van der Waals surface area contributed by atoms with E-state index in [1.165, 1.54) is 0 Å². The summed E-state index contributed by atoms with van der Waals surface area (Å²) in [7, 11) is 0. The Labute approximate surface area is 92.7 Å². The molecule has 0 spiro atoms. The maximum absolute atomic E-state index is 6.11. The Kier molecular flexibility index (Phi) is 1.92. The molecule has 3 rings (SSSR count). The molecule has 1 aliphatic rings. The molecular weight excluding hydrogens is 210 g/mol. The van der Waals surface area contributed by atoms with Crippen LogP contribution < -0.4 is 5.32 Å². The zero-order valence-corrected chi connectivity index (χ0v) is 8.83. The Bertz CT molecular complexity index is 483. The molecule has 0 bridgehead atoms. The zero-order chi connectivity index (χ0) is 10.3. The zero-order valence-electron chi connectivity index (χ0n) is 8.07. The summed E-state index contributed by atoms with van der Waals surface area (Å²) >= 11 is 6.11. The van der Waals surface area contributed by atoms with Crippen LogP contribution in [0, 0.1) is 0 Å². The Morgan fingerprint density at radius 2 is 2.20 bits per heavy atom. The molecule has 0 radical (unpaired) electrons. The topological polar surface area (TPSA) is 29.9 Å². The molecule has 3 nitrogen and oxygen atoms in total. The fourth-order valence-electron chi connectivity index (χ4n) is 1.82. The number of anilines is 1. The summed E-state index contributed by atoms with van der Waals surface area (Å²) in [6, 6.07) is 9.80. The summed E-state index contributed by atoms with van der Waals surface area (Å²) in [6.07, 6.45) is 0. The SMILES string of the molecule is Clc1ccccc1-c1cc2n(n1)CCN2. The fraction of sp³-hybridized carbons (Fsp3) is 0.182. The molecule has 0 unspecified atom stereocenters. The van der Waals surface area contributed by atoms with Gasteiger partial charge in [0.2, 0.25) is 0 Å². The van der Waals surface area contributed by atoms with E-state index in [0.717, 1.165) is 35.2 Å². The van der Waals surface area contributed by atoms with Gasteiger partial charge in [0.1, 0.15) is 5.82 Å². The molecule has 0 aliphatic carbocycles. The van der Waals surface area contributed by atoms with Gasteiger partial charge in [-0.05, 0) is 6.07 Å². The predicted octanol–water partition coefficient (Wildman–Crippen LogP) is 2.63. The lowest BCUT2D eigenvalue weighted by atomic mass is 10.1. The summed E-state index contributed by atoms with van der Waals surface area (Å²) in [5.41, 5.74) is 1.92. The molecule has 0 saturated carbocycles. The Balaban J connectivity index is 2.10. The molecule has 0 atom stereocenters. The average Bonchev–Trinajstić information content (AvgIpc) is 2.77. The van der Waals surface area contributed by atoms with E-state index in [1.54, 1.807) is 0 Å². The van der Waals surface area contributed by atoms with Crippen molar-refractivity contribution in [3.05, 3.63) is 35.4 Å². The summed E-state index contributed by atoms with van der Waals surface area (Å²) in [6.45, 7) is 1.89. The van der Waals surface area contributed by atoms with Crippen molar-refractivity contribution < 1.29 is 0 Å². The molecule has 0 saturated heterocycles. The van der Waals surface area contributed by atoms with Crippen molar-refractivity contribution in [3.63, 3.8) is 0 Å². The molecule has 4 heteroatoms. The minimum atomic E-state index is 0.745. The summed E-state index contributed by atoms with van der Waals surface area (Å²) < 4.78 is 1.97. The lowest BCUT2D eigenvalue weighted by Gasteiger charge is -1.99. The number of aromatic nitrogens is 2. The van der Waals surface area contributed by atoms with E-state index in [-0.39, 0.29) is 0 Å². The van der Waals surface area contributed by atoms with Crippen molar-refractivity contribution in [1.82, 2.24) is 9.78 Å². The van der Waals surface area contributed by atoms with Crippen LogP contribution in [-0.4, -0.2) is 16.3 Å². The molecule has 1 aliphatic heterocycles. The molecule has 1 N–H and O–H groups in total. The van der Waals surface area contributed by atoms with Crippen LogP contribution in [0.4, 0.5) is 5.82 Å². The molecule has 0 amide bonds. The average molecular weight is 220 g/mol. The summed E-state index contributed by atoms with van der Waals surface area (Å²) in [4.78, 5) is 0. The van der Waals surface area contributed by atoms with Crippen molar-refractivity contribution in [2.24, 2.45) is 0 Å². The van der Waals surface area contributed by atoms with Gasteiger partial charge in [-0.2, -0.15) is 5.10 Å². The summed E-state index contributed by atoms with van der Waals surface area (Å²) in [5, 5.41) is 8.50. The third-order valence-electron chi connectivity index (χ3n) is 2.56. The molecule has 1 aromatic carbocycles. The van der Waals surface area contributed by atoms with E-state index >= 15 is 0 Å². The quantitative estimate of drug-likeness (QED) is 0.799. The molecule has 1 aromatic heterocycles. The van der Waals surface area contributed by atoms with Crippen molar-refractivity contribution in [3.8, 4) is 11.3 Å². The van der Waals surface area contributed by atoms with Crippen LogP contribution in [0.15, 0.2) is 30.3 Å². The van der Waals surface area contributed by atoms with Gasteiger partial charge in [0.25, 0.3) is 0 Å². The monoisotopic (exact) mass is 219 g/mol. The lowest BCUT2D eigenvalue weighted by Crippen LogP contribution is -1.96. The van der Waals surface area contributed by atoms with E-state index in [4.69, 9.17) is 11.6 Å². The smallest absolute Gasteiger partial charge is 0.125 e. The van der Waals surface area contributed by atoms with Crippen LogP contribution in [0.2, 0.25) is 5.02 Å². The number of rotatable bonds is 1. The third-order valence-corrected chi connectivity index (χ3v) is 2.89. The number of hydrogen-bond acceptors (Lipinski definition) is 2. The van der Waals surface area contributed by atoms with E-state index in [9.17, 15) is 0 Å². The largest absolute Gasteiger partial charge is 0.368 e. The van der Waals surface area contributed by atoms with Crippen molar-refractivity contribution >= 4 is 17.4 Å². The minimum Gasteiger partial charge on any atom is -0.368 e. The van der Waals surface area contributed by atoms with Gasteiger partial charge in [-0.15, -0.1) is 0 Å². The van der Waals surface area contributed by atoms with Gasteiger partial charge in [-0.1, -0.05) is 29.8 Å². The first-order valence-corrected chi connectivity index (χ1v) is 5.29. The maximum Gasteiger partial charge on any atom is 0.125 e. The fourth-order valence-corrected chi connectivity index (χ4v) is 2.05. The van der Waals surface area contributed by atoms with Crippen LogP contribution in [0.25, 0.3) is 11.3 Å². The van der Waals surface area contributed by atoms with Crippen LogP contribution >= 0.6 is 11.6 Å². The van der Waals surface area contributed by atoms with Gasteiger partial charge in [0.05, 0.1) is 17.3 Å². The van der Waals surface area contributed by atoms with Crippen LogP contribution in [0.1, 0.15) is 0 Å². The van der Waals surface area contributed by atoms with Gasteiger partial charge in [0.15, 0.2) is 0 Å². The van der Waals surface area contributed by atoms with E-state index in [2.05, 4.69) is 10.4 Å². The van der Waals surface area contributed by atoms with Gasteiger partial charge < -0.3 is 5.32 Å². The third kappa shape index (κ3) is 1.39. The maximum atomic E-state index is 6.11. The van der Waals surface area contributed by atoms with E-state index in [0.29, 0.717) is 0 Å². The van der Waals surface area contributed by atoms with Crippen LogP contribution in [-0.2, 0) is 6.54 Å². The predicted molar refractivity (Wildman–Crippen MR) is 61.2 cm³/mol. The number of halogens is 1. The second kappa shape index (κ2) is 3.28. The summed E-state index contributed by atoms with van der Waals surface area (Å²) in [5.74, 6) is 1.07. The molecule has 0 fully saturated rings. The second-order valence-electron chi connectivity index (χ2n) is 3.54. The standard InChI is InChI=1S/C11H10ClN3/c12-9-4-2-1-3-8(9)10-7-11-13-5-6-15(11)14-10/h1-4,7,13H,5-6H2. The highest BCUT2D eigenvalue weighted by atomic mass is 35.5. The second-order valence-corrected chi connectivity index (χ2v) is 3.95. The van der Waals surface area contributed by atoms with Crippen molar-refractivity contribution in [2.75, 3.05) is 11.9 Å². The van der Waals surface area contributed by atoms with E-state index < -0.39 is 0 Å². The number of nitrogens with zero attached hydrogens (tertiary/aromatic N) is 2. The van der Waals surface area contributed by atoms with Crippen LogP contribution in [0.3, 0.4) is 0 Å². The molecule has 2 aromatic rings. The highest BCUT2D eigenvalue weighted by Gasteiger charge is 2.14. The van der Waals surface area contributed by atoms with Gasteiger partial charge >= 0.3 is 0 Å². The Morgan fingerprint density at radius 3 is 3.00 bits per heavy atom. The number of hydrogen-bond donors (Lipinski definition) is 1. The Hall–Kier alpha value is -1.48. The highest BCUT2D eigenvalue weighted by molar-refractivity contribution is 6.33. The van der Waals surface area contributed by atoms with Crippen molar-refractivity contribution in [1.29, 1.82) is 0 Å². The number of fused-ring (bicyclic) bond motifs is 1. The highest BCUT2D eigenvalue weighted by Crippen LogP contribution is 2.29. The van der Waals surface area contributed by atoms with E-state index in [1.807, 2.05) is 35.0 Å². The number of benzene rings is 1. The molecule has 15 heavy (non-hydrogen) atoms. The van der Waals surface area contributed by atoms with Crippen molar-refractivity contribution in [2.45, 2.75) is 6.54 Å². The van der Waals surface area contributed by atoms with Gasteiger partial charge in [-0.3, -0.25) is 0 Å². The molecule has 2 heterocycles. The molecular formula is C11H10ClN3. The molecule has 76 valence electrons. The minimum absolute atomic E-state index is 0.745.